The molecule has 0 saturated carbocycles. The molecule has 0 spiro atoms. The average Bonchev–Trinajstić information content (AvgIpc) is 2.31. The molecule has 0 radical (unpaired) electrons. The lowest BCUT2D eigenvalue weighted by molar-refractivity contribution is 0.199. The molecule has 1 aromatic carbocycles. The van der Waals surface area contributed by atoms with Crippen LogP contribution in [-0.4, -0.2) is 27.9 Å². The van der Waals surface area contributed by atoms with E-state index in [1.807, 2.05) is 0 Å². The highest BCUT2D eigenvalue weighted by molar-refractivity contribution is 7.90. The minimum atomic E-state index is -3.19. The third-order valence-electron chi connectivity index (χ3n) is 2.52. The third-order valence-corrected chi connectivity index (χ3v) is 4.20. The van der Waals surface area contributed by atoms with Gasteiger partial charge in [0.2, 0.25) is 0 Å². The Morgan fingerprint density at radius 2 is 2.11 bits per heavy atom. The molecule has 1 rings (SSSR count). The number of benzene rings is 1. The van der Waals surface area contributed by atoms with Crippen molar-refractivity contribution in [3.63, 3.8) is 0 Å². The summed E-state index contributed by atoms with van der Waals surface area (Å²) in [7, 11) is -1.66. The predicted octanol–water partition coefficient (Wildman–Crippen LogP) is 1.24. The van der Waals surface area contributed by atoms with E-state index in [0.29, 0.717) is 24.2 Å². The molecule has 0 heterocycles. The SMILES string of the molecule is COCCCS(=O)(=O)Cc1ccc(F)c(CN)c1. The zero-order valence-electron chi connectivity index (χ0n) is 10.4. The van der Waals surface area contributed by atoms with Crippen LogP contribution in [0.1, 0.15) is 17.5 Å². The van der Waals surface area contributed by atoms with Crippen LogP contribution >= 0.6 is 0 Å². The van der Waals surface area contributed by atoms with Crippen molar-refractivity contribution in [1.29, 1.82) is 0 Å². The Labute approximate surface area is 107 Å². The maximum Gasteiger partial charge on any atom is 0.154 e. The highest BCUT2D eigenvalue weighted by atomic mass is 32.2. The zero-order valence-corrected chi connectivity index (χ0v) is 11.2. The van der Waals surface area contributed by atoms with E-state index < -0.39 is 15.7 Å². The lowest BCUT2D eigenvalue weighted by Crippen LogP contribution is -2.12. The van der Waals surface area contributed by atoms with Gasteiger partial charge in [-0.15, -0.1) is 0 Å². The first-order valence-electron chi connectivity index (χ1n) is 5.65. The largest absolute Gasteiger partial charge is 0.385 e. The summed E-state index contributed by atoms with van der Waals surface area (Å²) in [5.41, 5.74) is 6.27. The molecular formula is C12H18FNO3S. The van der Waals surface area contributed by atoms with Crippen LogP contribution in [0.5, 0.6) is 0 Å². The Hall–Kier alpha value is -0.980. The molecular weight excluding hydrogens is 257 g/mol. The summed E-state index contributed by atoms with van der Waals surface area (Å²) in [6.45, 7) is 0.472. The van der Waals surface area contributed by atoms with E-state index in [1.54, 1.807) is 0 Å². The number of halogens is 1. The molecule has 102 valence electrons. The number of methoxy groups -OCH3 is 1. The summed E-state index contributed by atoms with van der Waals surface area (Å²) in [6.07, 6.45) is 0.462. The van der Waals surface area contributed by atoms with Crippen molar-refractivity contribution in [2.45, 2.75) is 18.7 Å². The van der Waals surface area contributed by atoms with Crippen molar-refractivity contribution in [3.8, 4) is 0 Å². The normalized spacial score (nSPS) is 11.7. The molecule has 4 nitrogen and oxygen atoms in total. The number of ether oxygens (including phenoxy) is 1. The molecule has 0 aromatic heterocycles. The maximum atomic E-state index is 13.2. The van der Waals surface area contributed by atoms with Crippen molar-refractivity contribution in [2.75, 3.05) is 19.5 Å². The van der Waals surface area contributed by atoms with Crippen molar-refractivity contribution >= 4 is 9.84 Å². The highest BCUT2D eigenvalue weighted by Gasteiger charge is 2.13. The second-order valence-electron chi connectivity index (χ2n) is 4.07. The van der Waals surface area contributed by atoms with E-state index in [-0.39, 0.29) is 18.1 Å². The fourth-order valence-corrected chi connectivity index (χ4v) is 3.01. The van der Waals surface area contributed by atoms with E-state index in [1.165, 1.54) is 25.3 Å². The first-order valence-corrected chi connectivity index (χ1v) is 7.47. The number of rotatable bonds is 7. The third kappa shape index (κ3) is 4.72. The Morgan fingerprint density at radius 3 is 2.72 bits per heavy atom. The van der Waals surface area contributed by atoms with Gasteiger partial charge in [-0.05, 0) is 18.1 Å². The molecule has 2 N–H and O–H groups in total. The number of hydrogen-bond acceptors (Lipinski definition) is 4. The number of nitrogens with two attached hydrogens (primary N) is 1. The second-order valence-corrected chi connectivity index (χ2v) is 6.25. The summed E-state index contributed by atoms with van der Waals surface area (Å²) in [5.74, 6) is -0.432. The van der Waals surface area contributed by atoms with Crippen LogP contribution in [0.25, 0.3) is 0 Å². The maximum absolute atomic E-state index is 13.2. The van der Waals surface area contributed by atoms with Crippen LogP contribution < -0.4 is 5.73 Å². The summed E-state index contributed by atoms with van der Waals surface area (Å²) in [5, 5.41) is 0. The lowest BCUT2D eigenvalue weighted by Gasteiger charge is -2.06. The van der Waals surface area contributed by atoms with Gasteiger partial charge in [-0.25, -0.2) is 12.8 Å². The van der Waals surface area contributed by atoms with Crippen molar-refractivity contribution in [1.82, 2.24) is 0 Å². The molecule has 0 amide bonds. The highest BCUT2D eigenvalue weighted by Crippen LogP contribution is 2.13. The number of sulfone groups is 1. The van der Waals surface area contributed by atoms with E-state index in [0.717, 1.165) is 0 Å². The summed E-state index contributed by atoms with van der Waals surface area (Å²) in [6, 6.07) is 4.23. The average molecular weight is 275 g/mol. The van der Waals surface area contributed by atoms with Gasteiger partial charge in [-0.2, -0.15) is 0 Å². The molecule has 0 aliphatic heterocycles. The molecule has 0 bridgehead atoms. The standard InChI is InChI=1S/C12H18FNO3S/c1-17-5-2-6-18(15,16)9-10-3-4-12(13)11(7-10)8-14/h3-4,7H,2,5-6,8-9,14H2,1H3. The van der Waals surface area contributed by atoms with Gasteiger partial charge in [0.1, 0.15) is 5.82 Å². The first kappa shape index (κ1) is 15.1. The Bertz CT molecular complexity index is 488. The molecule has 18 heavy (non-hydrogen) atoms. The fraction of sp³-hybridized carbons (Fsp3) is 0.500. The topological polar surface area (TPSA) is 69.4 Å². The Morgan fingerprint density at radius 1 is 1.39 bits per heavy atom. The van der Waals surface area contributed by atoms with Crippen LogP contribution in [0.15, 0.2) is 18.2 Å². The van der Waals surface area contributed by atoms with Crippen LogP contribution in [0.4, 0.5) is 4.39 Å². The molecule has 0 aliphatic carbocycles. The van der Waals surface area contributed by atoms with Gasteiger partial charge in [0.25, 0.3) is 0 Å². The zero-order chi connectivity index (χ0) is 13.6. The number of hydrogen-bond donors (Lipinski definition) is 1. The molecule has 0 fully saturated rings. The van der Waals surface area contributed by atoms with E-state index in [4.69, 9.17) is 10.5 Å². The van der Waals surface area contributed by atoms with Crippen LogP contribution in [0.3, 0.4) is 0 Å². The fourth-order valence-electron chi connectivity index (χ4n) is 1.62. The quantitative estimate of drug-likeness (QED) is 0.760. The smallest absolute Gasteiger partial charge is 0.154 e. The van der Waals surface area contributed by atoms with E-state index in [9.17, 15) is 12.8 Å². The monoisotopic (exact) mass is 275 g/mol. The van der Waals surface area contributed by atoms with Gasteiger partial charge in [0.05, 0.1) is 11.5 Å². The van der Waals surface area contributed by atoms with Gasteiger partial charge in [0, 0.05) is 25.8 Å². The van der Waals surface area contributed by atoms with Crippen LogP contribution in [0, 0.1) is 5.82 Å². The summed E-state index contributed by atoms with van der Waals surface area (Å²) < 4.78 is 41.6. The van der Waals surface area contributed by atoms with Gasteiger partial charge in [-0.1, -0.05) is 12.1 Å². The molecule has 6 heteroatoms. The molecule has 0 atom stereocenters. The van der Waals surface area contributed by atoms with Crippen molar-refractivity contribution in [3.05, 3.63) is 35.1 Å². The Balaban J connectivity index is 2.72. The minimum absolute atomic E-state index is 0.0589. The van der Waals surface area contributed by atoms with Gasteiger partial charge >= 0.3 is 0 Å². The van der Waals surface area contributed by atoms with E-state index in [2.05, 4.69) is 0 Å². The van der Waals surface area contributed by atoms with Gasteiger partial charge < -0.3 is 10.5 Å². The molecule has 1 aromatic rings. The van der Waals surface area contributed by atoms with Gasteiger partial charge in [-0.3, -0.25) is 0 Å². The first-order chi connectivity index (χ1) is 8.48. The summed E-state index contributed by atoms with van der Waals surface area (Å²) in [4.78, 5) is 0. The van der Waals surface area contributed by atoms with Gasteiger partial charge in [0.15, 0.2) is 9.84 Å². The van der Waals surface area contributed by atoms with E-state index >= 15 is 0 Å². The van der Waals surface area contributed by atoms with Crippen LogP contribution in [-0.2, 0) is 26.9 Å². The molecule has 0 unspecified atom stereocenters. The minimum Gasteiger partial charge on any atom is -0.385 e. The molecule has 0 aliphatic rings. The lowest BCUT2D eigenvalue weighted by atomic mass is 10.1. The van der Waals surface area contributed by atoms with Crippen molar-refractivity contribution < 1.29 is 17.5 Å². The molecule has 0 saturated heterocycles. The summed E-state index contributed by atoms with van der Waals surface area (Å²) >= 11 is 0. The predicted molar refractivity (Wildman–Crippen MR) is 68.3 cm³/mol. The van der Waals surface area contributed by atoms with Crippen LogP contribution in [0.2, 0.25) is 0 Å². The second kappa shape index (κ2) is 6.82. The van der Waals surface area contributed by atoms with Crippen molar-refractivity contribution in [2.24, 2.45) is 5.73 Å². The Kier molecular flexibility index (Phi) is 5.71.